The van der Waals surface area contributed by atoms with E-state index in [1.165, 1.54) is 0 Å². The molecule has 0 fully saturated rings. The van der Waals surface area contributed by atoms with Gasteiger partial charge in [-0.3, -0.25) is 0 Å². The van der Waals surface area contributed by atoms with Crippen molar-refractivity contribution in [1.29, 1.82) is 5.26 Å². The second-order valence-corrected chi connectivity index (χ2v) is 2.93. The van der Waals surface area contributed by atoms with Gasteiger partial charge in [0.15, 0.2) is 0 Å². The van der Waals surface area contributed by atoms with E-state index in [0.717, 1.165) is 0 Å². The Bertz CT molecular complexity index is 224. The molecule has 0 aromatic carbocycles. The fourth-order valence-corrected chi connectivity index (χ4v) is 0.741. The molecule has 0 saturated carbocycles. The molecule has 1 nitrogen and oxygen atoms in total. The lowest BCUT2D eigenvalue weighted by molar-refractivity contribution is 0.934. The lowest BCUT2D eigenvalue weighted by atomic mass is 10.2. The van der Waals surface area contributed by atoms with E-state index in [2.05, 4.69) is 0 Å². The van der Waals surface area contributed by atoms with Crippen LogP contribution in [0.2, 0.25) is 0 Å². The predicted molar refractivity (Wildman–Crippen MR) is 59.7 cm³/mol. The molecule has 0 N–H and O–H groups in total. The van der Waals surface area contributed by atoms with E-state index in [0.29, 0.717) is 10.1 Å². The zero-order valence-electron chi connectivity index (χ0n) is 8.44. The van der Waals surface area contributed by atoms with Crippen LogP contribution in [-0.2, 0) is 0 Å². The van der Waals surface area contributed by atoms with Gasteiger partial charge >= 0.3 is 0 Å². The van der Waals surface area contributed by atoms with Crippen molar-refractivity contribution in [2.24, 2.45) is 5.92 Å². The van der Waals surface area contributed by atoms with E-state index in [4.69, 9.17) is 28.5 Å². The van der Waals surface area contributed by atoms with Crippen LogP contribution in [0.4, 0.5) is 0 Å². The molecule has 0 rings (SSSR count). The fraction of sp³-hybridized carbons (Fsp3) is 0.500. The van der Waals surface area contributed by atoms with Crippen LogP contribution in [0.5, 0.6) is 0 Å². The Labute approximate surface area is 90.6 Å². The summed E-state index contributed by atoms with van der Waals surface area (Å²) in [5.41, 5.74) is 0. The molecule has 0 aromatic heterocycles. The summed E-state index contributed by atoms with van der Waals surface area (Å²) in [6.07, 6.45) is 3.30. The third kappa shape index (κ3) is 7.90. The van der Waals surface area contributed by atoms with Gasteiger partial charge in [0.2, 0.25) is 0 Å². The molecular weight excluding hydrogens is 205 g/mol. The molecular formula is C10H15Cl2N. The first-order valence-corrected chi connectivity index (χ1v) is 4.96. The highest BCUT2D eigenvalue weighted by Crippen LogP contribution is 2.17. The molecule has 0 aliphatic heterocycles. The third-order valence-corrected chi connectivity index (χ3v) is 1.92. The Morgan fingerprint density at radius 1 is 1.38 bits per heavy atom. The number of rotatable bonds is 2. The van der Waals surface area contributed by atoms with E-state index in [1.54, 1.807) is 26.0 Å². The molecule has 0 aliphatic rings. The second kappa shape index (κ2) is 9.64. The molecule has 0 amide bonds. The zero-order valence-corrected chi connectivity index (χ0v) is 9.95. The average molecular weight is 220 g/mol. The van der Waals surface area contributed by atoms with E-state index in [-0.39, 0.29) is 5.92 Å². The number of hydrogen-bond acceptors (Lipinski definition) is 1. The highest BCUT2D eigenvalue weighted by Gasteiger charge is 2.03. The third-order valence-electron chi connectivity index (χ3n) is 1.16. The molecule has 0 bridgehead atoms. The first kappa shape index (κ1) is 15.0. The quantitative estimate of drug-likeness (QED) is 0.631. The lowest BCUT2D eigenvalue weighted by Gasteiger charge is -1.97. The minimum absolute atomic E-state index is 0.287. The zero-order chi connectivity index (χ0) is 10.9. The maximum Gasteiger partial charge on any atom is 0.0792 e. The van der Waals surface area contributed by atoms with Crippen LogP contribution in [0.25, 0.3) is 0 Å². The molecule has 74 valence electrons. The summed E-state index contributed by atoms with van der Waals surface area (Å²) in [5.74, 6) is -0.287. The Morgan fingerprint density at radius 3 is 2.15 bits per heavy atom. The highest BCUT2D eigenvalue weighted by atomic mass is 35.5. The van der Waals surface area contributed by atoms with Crippen molar-refractivity contribution in [3.05, 3.63) is 22.2 Å². The van der Waals surface area contributed by atoms with Gasteiger partial charge in [-0.1, -0.05) is 43.1 Å². The first-order valence-electron chi connectivity index (χ1n) is 4.20. The normalized spacial score (nSPS) is 13.9. The van der Waals surface area contributed by atoms with Crippen molar-refractivity contribution in [2.75, 3.05) is 0 Å². The van der Waals surface area contributed by atoms with Crippen LogP contribution >= 0.6 is 23.2 Å². The molecule has 0 aromatic rings. The molecule has 1 atom stereocenters. The van der Waals surface area contributed by atoms with Gasteiger partial charge in [-0.15, -0.1) is 0 Å². The predicted octanol–water partition coefficient (Wildman–Crippen LogP) is 4.44. The van der Waals surface area contributed by atoms with Crippen LogP contribution < -0.4 is 0 Å². The fourth-order valence-electron chi connectivity index (χ4n) is 0.402. The average Bonchev–Trinajstić information content (AvgIpc) is 2.19. The van der Waals surface area contributed by atoms with Crippen molar-refractivity contribution in [3.63, 3.8) is 0 Å². The highest BCUT2D eigenvalue weighted by molar-refractivity contribution is 6.34. The van der Waals surface area contributed by atoms with Crippen molar-refractivity contribution in [2.45, 2.75) is 27.7 Å². The van der Waals surface area contributed by atoms with Gasteiger partial charge in [0, 0.05) is 10.1 Å². The molecule has 0 saturated heterocycles. The first-order chi connectivity index (χ1) is 6.11. The standard InChI is InChI=1S/C8H9Cl2N.C2H6/c1-3-7(9)4-8(10)6(2)5-11;1-2/h3-4,6H,1-2H3;1-2H3/b7-3+,8-4+;. The summed E-state index contributed by atoms with van der Waals surface area (Å²) in [4.78, 5) is 0. The van der Waals surface area contributed by atoms with Gasteiger partial charge in [-0.2, -0.15) is 5.26 Å². The van der Waals surface area contributed by atoms with Crippen molar-refractivity contribution < 1.29 is 0 Å². The molecule has 1 unspecified atom stereocenters. The molecule has 13 heavy (non-hydrogen) atoms. The van der Waals surface area contributed by atoms with E-state index >= 15 is 0 Å². The Hall–Kier alpha value is -0.450. The summed E-state index contributed by atoms with van der Waals surface area (Å²) in [5, 5.41) is 9.47. The van der Waals surface area contributed by atoms with Crippen LogP contribution in [0.15, 0.2) is 22.2 Å². The second-order valence-electron chi connectivity index (χ2n) is 2.05. The van der Waals surface area contributed by atoms with Crippen molar-refractivity contribution >= 4 is 23.2 Å². The van der Waals surface area contributed by atoms with E-state index < -0.39 is 0 Å². The maximum atomic E-state index is 8.45. The monoisotopic (exact) mass is 219 g/mol. The topological polar surface area (TPSA) is 23.8 Å². The molecule has 3 heteroatoms. The molecule has 0 heterocycles. The summed E-state index contributed by atoms with van der Waals surface area (Å²) in [6.45, 7) is 7.53. The number of hydrogen-bond donors (Lipinski definition) is 0. The van der Waals surface area contributed by atoms with E-state index in [1.807, 2.05) is 19.9 Å². The minimum atomic E-state index is -0.287. The van der Waals surface area contributed by atoms with Crippen LogP contribution in [0.1, 0.15) is 27.7 Å². The summed E-state index contributed by atoms with van der Waals surface area (Å²) in [6, 6.07) is 2.01. The van der Waals surface area contributed by atoms with Gasteiger partial charge in [0.25, 0.3) is 0 Å². The van der Waals surface area contributed by atoms with Crippen molar-refractivity contribution in [1.82, 2.24) is 0 Å². The molecule has 0 aliphatic carbocycles. The van der Waals surface area contributed by atoms with Crippen LogP contribution in [0.3, 0.4) is 0 Å². The van der Waals surface area contributed by atoms with Crippen LogP contribution in [-0.4, -0.2) is 0 Å². The van der Waals surface area contributed by atoms with Gasteiger partial charge < -0.3 is 0 Å². The number of nitrogens with zero attached hydrogens (tertiary/aromatic N) is 1. The summed E-state index contributed by atoms with van der Waals surface area (Å²) in [7, 11) is 0. The largest absolute Gasteiger partial charge is 0.198 e. The number of allylic oxidation sites excluding steroid dienone is 4. The summed E-state index contributed by atoms with van der Waals surface area (Å²) >= 11 is 11.4. The molecule has 0 spiro atoms. The Balaban J connectivity index is 0. The number of nitriles is 1. The van der Waals surface area contributed by atoms with Crippen molar-refractivity contribution in [3.8, 4) is 6.07 Å². The lowest BCUT2D eigenvalue weighted by Crippen LogP contribution is -1.88. The summed E-state index contributed by atoms with van der Waals surface area (Å²) < 4.78 is 0. The Morgan fingerprint density at radius 2 is 1.85 bits per heavy atom. The van der Waals surface area contributed by atoms with Gasteiger partial charge in [-0.05, 0) is 19.9 Å². The van der Waals surface area contributed by atoms with E-state index in [9.17, 15) is 0 Å². The number of halogens is 2. The Kier molecular flexibility index (Phi) is 11.2. The van der Waals surface area contributed by atoms with Gasteiger partial charge in [-0.25, -0.2) is 0 Å². The maximum absolute atomic E-state index is 8.45. The minimum Gasteiger partial charge on any atom is -0.198 e. The SMILES string of the molecule is C/C=C(Cl)\C=C(\Cl)C(C)C#N.CC. The van der Waals surface area contributed by atoms with Gasteiger partial charge in [0.05, 0.1) is 12.0 Å². The smallest absolute Gasteiger partial charge is 0.0792 e. The van der Waals surface area contributed by atoms with Crippen LogP contribution in [0, 0.1) is 17.2 Å². The van der Waals surface area contributed by atoms with Gasteiger partial charge in [0.1, 0.15) is 0 Å². The molecule has 0 radical (unpaired) electrons.